The predicted octanol–water partition coefficient (Wildman–Crippen LogP) is 4.12. The molecule has 1 saturated heterocycles. The van der Waals surface area contributed by atoms with Crippen LogP contribution in [-0.2, 0) is 4.79 Å². The smallest absolute Gasteiger partial charge is 0.293 e. The number of carbonyl (C=O) groups is 3. The van der Waals surface area contributed by atoms with Crippen molar-refractivity contribution in [2.45, 2.75) is 6.92 Å². The van der Waals surface area contributed by atoms with Gasteiger partial charge in [-0.25, -0.2) is 4.98 Å². The average molecular weight is 433 g/mol. The van der Waals surface area contributed by atoms with Gasteiger partial charge in [-0.05, 0) is 42.5 Å². The lowest BCUT2D eigenvalue weighted by Crippen LogP contribution is -2.37. The number of thioether (sulfide) groups is 1. The molecule has 0 spiro atoms. The van der Waals surface area contributed by atoms with Gasteiger partial charge in [0.05, 0.1) is 11.1 Å². The molecule has 0 aliphatic carbocycles. The molecule has 156 valence electrons. The molecule has 2 aromatic carbocycles. The average Bonchev–Trinajstić information content (AvgIpc) is 3.40. The molecule has 2 heterocycles. The van der Waals surface area contributed by atoms with E-state index in [9.17, 15) is 14.4 Å². The molecule has 3 amide bonds. The molecule has 0 unspecified atom stereocenters. The first-order chi connectivity index (χ1) is 15.0. The summed E-state index contributed by atoms with van der Waals surface area (Å²) in [6, 6.07) is 14.6. The monoisotopic (exact) mass is 433 g/mol. The lowest BCUT2D eigenvalue weighted by atomic mass is 10.1. The van der Waals surface area contributed by atoms with Crippen molar-refractivity contribution in [3.63, 3.8) is 0 Å². The number of nitrogens with zero attached hydrogens (tertiary/aromatic N) is 2. The van der Waals surface area contributed by atoms with Crippen LogP contribution in [0, 0.1) is 6.92 Å². The summed E-state index contributed by atoms with van der Waals surface area (Å²) in [6.07, 6.45) is 4.65. The summed E-state index contributed by atoms with van der Waals surface area (Å²) in [5, 5.41) is 2.40. The number of aryl methyl sites for hydroxylation is 1. The molecule has 31 heavy (non-hydrogen) atoms. The van der Waals surface area contributed by atoms with E-state index in [0.29, 0.717) is 16.2 Å². The summed E-state index contributed by atoms with van der Waals surface area (Å²) < 4.78 is 5.23. The first-order valence-corrected chi connectivity index (χ1v) is 10.4. The molecule has 1 aromatic heterocycles. The number of aromatic nitrogens is 1. The molecule has 8 heteroatoms. The molecule has 1 fully saturated rings. The van der Waals surface area contributed by atoms with Crippen molar-refractivity contribution in [3.8, 4) is 11.3 Å². The van der Waals surface area contributed by atoms with Crippen LogP contribution < -0.4 is 5.32 Å². The Labute approximate surface area is 183 Å². The van der Waals surface area contributed by atoms with Crippen LogP contribution in [0.15, 0.2) is 70.4 Å². The van der Waals surface area contributed by atoms with E-state index in [1.54, 1.807) is 36.5 Å². The second-order valence-electron chi connectivity index (χ2n) is 6.94. The number of hydrogen-bond acceptors (Lipinski definition) is 6. The van der Waals surface area contributed by atoms with Gasteiger partial charge in [-0.15, -0.1) is 0 Å². The minimum atomic E-state index is -0.346. The summed E-state index contributed by atoms with van der Waals surface area (Å²) in [7, 11) is 0. The summed E-state index contributed by atoms with van der Waals surface area (Å²) in [6.45, 7) is 2.26. The van der Waals surface area contributed by atoms with Crippen molar-refractivity contribution in [2.24, 2.45) is 0 Å². The number of oxazole rings is 1. The summed E-state index contributed by atoms with van der Waals surface area (Å²) >= 11 is 0.908. The van der Waals surface area contributed by atoms with Crippen molar-refractivity contribution in [1.82, 2.24) is 15.2 Å². The van der Waals surface area contributed by atoms with Crippen LogP contribution in [0.1, 0.15) is 21.5 Å². The van der Waals surface area contributed by atoms with Crippen LogP contribution in [0.3, 0.4) is 0 Å². The fourth-order valence-electron chi connectivity index (χ4n) is 3.03. The van der Waals surface area contributed by atoms with Gasteiger partial charge in [-0.3, -0.25) is 19.3 Å². The van der Waals surface area contributed by atoms with E-state index in [4.69, 9.17) is 4.42 Å². The van der Waals surface area contributed by atoms with Crippen LogP contribution in [0.4, 0.5) is 4.79 Å². The molecule has 0 atom stereocenters. The standard InChI is InChI=1S/C23H19N3O4S/c1-15-2-4-16(5-3-15)12-20-22(28)26(23(29)31-20)11-10-25-21(27)18-8-6-17(7-9-18)19-13-24-14-30-19/h2-9,12-14H,10-11H2,1H3,(H,25,27). The Hall–Kier alpha value is -3.65. The summed E-state index contributed by atoms with van der Waals surface area (Å²) in [5.41, 5.74) is 3.26. The van der Waals surface area contributed by atoms with Crippen molar-refractivity contribution in [2.75, 3.05) is 13.1 Å². The van der Waals surface area contributed by atoms with Crippen LogP contribution in [-0.4, -0.2) is 40.0 Å². The third kappa shape index (κ3) is 4.75. The molecule has 1 aliphatic rings. The third-order valence-corrected chi connectivity index (χ3v) is 5.64. The molecular formula is C23H19N3O4S. The topological polar surface area (TPSA) is 92.5 Å². The van der Waals surface area contributed by atoms with E-state index in [-0.39, 0.29) is 30.1 Å². The maximum atomic E-state index is 12.6. The van der Waals surface area contributed by atoms with E-state index in [1.165, 1.54) is 6.39 Å². The highest BCUT2D eigenvalue weighted by Crippen LogP contribution is 2.31. The van der Waals surface area contributed by atoms with Gasteiger partial charge < -0.3 is 9.73 Å². The highest BCUT2D eigenvalue weighted by molar-refractivity contribution is 8.18. The maximum absolute atomic E-state index is 12.6. The zero-order valence-electron chi connectivity index (χ0n) is 16.7. The van der Waals surface area contributed by atoms with Crippen molar-refractivity contribution >= 4 is 34.9 Å². The Kier molecular flexibility index (Phi) is 5.99. The highest BCUT2D eigenvalue weighted by atomic mass is 32.2. The Bertz CT molecular complexity index is 1140. The predicted molar refractivity (Wildman–Crippen MR) is 118 cm³/mol. The molecule has 0 saturated carbocycles. The fourth-order valence-corrected chi connectivity index (χ4v) is 3.90. The minimum absolute atomic E-state index is 0.109. The van der Waals surface area contributed by atoms with Gasteiger partial charge in [-0.2, -0.15) is 0 Å². The second kappa shape index (κ2) is 9.01. The van der Waals surface area contributed by atoms with Gasteiger partial charge in [0.1, 0.15) is 0 Å². The molecular weight excluding hydrogens is 414 g/mol. The van der Waals surface area contributed by atoms with E-state index in [0.717, 1.165) is 33.4 Å². The highest BCUT2D eigenvalue weighted by Gasteiger charge is 2.34. The first-order valence-electron chi connectivity index (χ1n) is 9.60. The maximum Gasteiger partial charge on any atom is 0.293 e. The van der Waals surface area contributed by atoms with Gasteiger partial charge in [-0.1, -0.05) is 42.0 Å². The Balaban J connectivity index is 1.32. The number of imide groups is 1. The van der Waals surface area contributed by atoms with Crippen molar-refractivity contribution in [1.29, 1.82) is 0 Å². The molecule has 0 bridgehead atoms. The third-order valence-electron chi connectivity index (χ3n) is 4.73. The normalized spacial score (nSPS) is 15.0. The summed E-state index contributed by atoms with van der Waals surface area (Å²) in [4.78, 5) is 42.6. The molecule has 4 rings (SSSR count). The fraction of sp³-hybridized carbons (Fsp3) is 0.130. The number of benzene rings is 2. The van der Waals surface area contributed by atoms with Crippen molar-refractivity contribution in [3.05, 3.63) is 82.7 Å². The largest absolute Gasteiger partial charge is 0.444 e. The van der Waals surface area contributed by atoms with E-state index >= 15 is 0 Å². The molecule has 0 radical (unpaired) electrons. The Morgan fingerprint density at radius 2 is 1.87 bits per heavy atom. The number of rotatable bonds is 6. The first kappa shape index (κ1) is 20.6. The van der Waals surface area contributed by atoms with Gasteiger partial charge >= 0.3 is 0 Å². The van der Waals surface area contributed by atoms with Gasteiger partial charge in [0, 0.05) is 24.2 Å². The van der Waals surface area contributed by atoms with Gasteiger partial charge in [0.2, 0.25) is 0 Å². The number of carbonyl (C=O) groups excluding carboxylic acids is 3. The number of amides is 3. The minimum Gasteiger partial charge on any atom is -0.444 e. The van der Waals surface area contributed by atoms with Crippen LogP contribution in [0.25, 0.3) is 17.4 Å². The van der Waals surface area contributed by atoms with Crippen LogP contribution in [0.2, 0.25) is 0 Å². The zero-order chi connectivity index (χ0) is 21.8. The van der Waals surface area contributed by atoms with E-state index in [2.05, 4.69) is 10.3 Å². The Morgan fingerprint density at radius 1 is 1.13 bits per heavy atom. The zero-order valence-corrected chi connectivity index (χ0v) is 17.5. The second-order valence-corrected chi connectivity index (χ2v) is 7.94. The van der Waals surface area contributed by atoms with Crippen LogP contribution in [0.5, 0.6) is 0 Å². The molecule has 1 aliphatic heterocycles. The molecule has 7 nitrogen and oxygen atoms in total. The van der Waals surface area contributed by atoms with Crippen LogP contribution >= 0.6 is 11.8 Å². The molecule has 3 aromatic rings. The summed E-state index contributed by atoms with van der Waals surface area (Å²) in [5.74, 6) is -0.0162. The Morgan fingerprint density at radius 3 is 2.55 bits per heavy atom. The van der Waals surface area contributed by atoms with E-state index in [1.807, 2.05) is 31.2 Å². The van der Waals surface area contributed by atoms with Gasteiger partial charge in [0.15, 0.2) is 12.2 Å². The van der Waals surface area contributed by atoms with Gasteiger partial charge in [0.25, 0.3) is 17.1 Å². The lowest BCUT2D eigenvalue weighted by molar-refractivity contribution is -0.122. The number of nitrogens with one attached hydrogen (secondary N) is 1. The SMILES string of the molecule is Cc1ccc(C=C2SC(=O)N(CCNC(=O)c3ccc(-c4cnco4)cc3)C2=O)cc1. The lowest BCUT2D eigenvalue weighted by Gasteiger charge is -2.13. The number of hydrogen-bond donors (Lipinski definition) is 1. The van der Waals surface area contributed by atoms with E-state index < -0.39 is 0 Å². The quantitative estimate of drug-likeness (QED) is 0.588. The molecule has 1 N–H and O–H groups in total. The van der Waals surface area contributed by atoms with Crippen molar-refractivity contribution < 1.29 is 18.8 Å².